The van der Waals surface area contributed by atoms with Crippen LogP contribution in [0.15, 0.2) is 0 Å². The van der Waals surface area contributed by atoms with Crippen LogP contribution in [0.3, 0.4) is 0 Å². The molecular weight excluding hydrogens is 226 g/mol. The van der Waals surface area contributed by atoms with Gasteiger partial charge in [-0.05, 0) is 25.9 Å². The first-order valence-electron chi connectivity index (χ1n) is 5.74. The fourth-order valence-electron chi connectivity index (χ4n) is 1.73. The largest absolute Gasteiger partial charge is 0.480 e. The van der Waals surface area contributed by atoms with Crippen molar-refractivity contribution in [3.05, 3.63) is 0 Å². The molecule has 0 aromatic carbocycles. The number of amides is 2. The highest BCUT2D eigenvalue weighted by Crippen LogP contribution is 2.05. The normalized spacial score (nSPS) is 17.7. The van der Waals surface area contributed by atoms with E-state index < -0.39 is 24.6 Å². The molecule has 1 fully saturated rings. The molecule has 98 valence electrons. The lowest BCUT2D eigenvalue weighted by atomic mass is 10.3. The van der Waals surface area contributed by atoms with Crippen LogP contribution in [0.1, 0.15) is 12.8 Å². The van der Waals surface area contributed by atoms with Crippen LogP contribution in [0.25, 0.3) is 0 Å². The molecule has 1 saturated heterocycles. The molecule has 17 heavy (non-hydrogen) atoms. The summed E-state index contributed by atoms with van der Waals surface area (Å²) in [6, 6.07) is -1.81. The number of carboxylic acid groups (broad SMARTS) is 1. The van der Waals surface area contributed by atoms with Crippen LogP contribution in [0.4, 0.5) is 4.79 Å². The van der Waals surface area contributed by atoms with E-state index in [1.807, 2.05) is 0 Å². The van der Waals surface area contributed by atoms with Crippen LogP contribution in [0.5, 0.6) is 0 Å². The van der Waals surface area contributed by atoms with E-state index in [1.165, 1.54) is 12.8 Å². The Hall–Kier alpha value is -1.34. The fourth-order valence-corrected chi connectivity index (χ4v) is 1.73. The molecule has 0 bridgehead atoms. The zero-order valence-electron chi connectivity index (χ0n) is 9.69. The second kappa shape index (κ2) is 7.08. The van der Waals surface area contributed by atoms with Gasteiger partial charge in [0.2, 0.25) is 0 Å². The number of hydrogen-bond acceptors (Lipinski definition) is 4. The van der Waals surface area contributed by atoms with Gasteiger partial charge in [-0.15, -0.1) is 0 Å². The molecule has 0 spiro atoms. The van der Waals surface area contributed by atoms with Crippen LogP contribution in [0, 0.1) is 0 Å². The monoisotopic (exact) mass is 245 g/mol. The van der Waals surface area contributed by atoms with Gasteiger partial charge in [0.15, 0.2) is 6.04 Å². The summed E-state index contributed by atoms with van der Waals surface area (Å²) < 4.78 is 0. The van der Waals surface area contributed by atoms with Crippen LogP contribution in [-0.4, -0.2) is 65.9 Å². The van der Waals surface area contributed by atoms with E-state index in [0.717, 1.165) is 19.6 Å². The number of carboxylic acids is 1. The van der Waals surface area contributed by atoms with Crippen LogP contribution in [-0.2, 0) is 4.79 Å². The summed E-state index contributed by atoms with van der Waals surface area (Å²) in [5.74, 6) is -1.25. The molecule has 1 aliphatic rings. The third-order valence-electron chi connectivity index (χ3n) is 2.70. The number of hydrogen-bond donors (Lipinski definition) is 4. The van der Waals surface area contributed by atoms with Crippen molar-refractivity contribution in [1.29, 1.82) is 0 Å². The molecule has 0 aromatic rings. The molecule has 0 aliphatic carbocycles. The van der Waals surface area contributed by atoms with Gasteiger partial charge in [0.25, 0.3) is 0 Å². The Bertz CT molecular complexity index is 266. The number of carbonyl (C=O) groups excluding carboxylic acids is 1. The predicted octanol–water partition coefficient (Wildman–Crippen LogP) is -1.17. The van der Waals surface area contributed by atoms with Crippen LogP contribution >= 0.6 is 0 Å². The van der Waals surface area contributed by atoms with E-state index in [2.05, 4.69) is 15.5 Å². The minimum atomic E-state index is -1.25. The Morgan fingerprint density at radius 2 is 1.94 bits per heavy atom. The first kappa shape index (κ1) is 13.7. The van der Waals surface area contributed by atoms with Gasteiger partial charge < -0.3 is 25.7 Å². The molecule has 4 N–H and O–H groups in total. The number of urea groups is 1. The number of aliphatic hydroxyl groups is 1. The predicted molar refractivity (Wildman–Crippen MR) is 60.7 cm³/mol. The molecule has 1 aliphatic heterocycles. The van der Waals surface area contributed by atoms with E-state index in [-0.39, 0.29) is 0 Å². The Kier molecular flexibility index (Phi) is 5.71. The topological polar surface area (TPSA) is 102 Å². The number of rotatable bonds is 6. The van der Waals surface area contributed by atoms with Crippen LogP contribution < -0.4 is 10.6 Å². The van der Waals surface area contributed by atoms with Crippen molar-refractivity contribution in [3.8, 4) is 0 Å². The molecule has 0 aromatic heterocycles. The highest BCUT2D eigenvalue weighted by atomic mass is 16.4. The fraction of sp³-hybridized carbons (Fsp3) is 0.800. The summed E-state index contributed by atoms with van der Waals surface area (Å²) in [7, 11) is 0. The van der Waals surface area contributed by atoms with Gasteiger partial charge in [0.1, 0.15) is 0 Å². The van der Waals surface area contributed by atoms with Crippen molar-refractivity contribution in [2.75, 3.05) is 32.8 Å². The van der Waals surface area contributed by atoms with Crippen molar-refractivity contribution in [2.45, 2.75) is 18.9 Å². The van der Waals surface area contributed by atoms with Crippen molar-refractivity contribution < 1.29 is 19.8 Å². The van der Waals surface area contributed by atoms with Gasteiger partial charge in [-0.2, -0.15) is 0 Å². The first-order valence-corrected chi connectivity index (χ1v) is 5.74. The highest BCUT2D eigenvalue weighted by Gasteiger charge is 2.18. The second-order valence-electron chi connectivity index (χ2n) is 4.02. The van der Waals surface area contributed by atoms with E-state index >= 15 is 0 Å². The zero-order valence-corrected chi connectivity index (χ0v) is 9.69. The third kappa shape index (κ3) is 5.01. The Balaban J connectivity index is 2.13. The molecule has 1 rings (SSSR count). The summed E-state index contributed by atoms with van der Waals surface area (Å²) in [4.78, 5) is 24.1. The lowest BCUT2D eigenvalue weighted by Crippen LogP contribution is -2.49. The summed E-state index contributed by atoms with van der Waals surface area (Å²) >= 11 is 0. The second-order valence-corrected chi connectivity index (χ2v) is 4.02. The summed E-state index contributed by atoms with van der Waals surface area (Å²) in [5.41, 5.74) is 0. The number of aliphatic hydroxyl groups excluding tert-OH is 1. The van der Waals surface area contributed by atoms with Crippen molar-refractivity contribution in [2.24, 2.45) is 0 Å². The van der Waals surface area contributed by atoms with E-state index in [4.69, 9.17) is 10.2 Å². The average Bonchev–Trinajstić information content (AvgIpc) is 2.78. The minimum absolute atomic E-state index is 0.476. The Labute approximate surface area is 99.8 Å². The van der Waals surface area contributed by atoms with Gasteiger partial charge >= 0.3 is 12.0 Å². The molecule has 0 radical (unpaired) electrons. The van der Waals surface area contributed by atoms with Crippen molar-refractivity contribution in [3.63, 3.8) is 0 Å². The molecule has 1 atom stereocenters. The Morgan fingerprint density at radius 1 is 1.29 bits per heavy atom. The minimum Gasteiger partial charge on any atom is -0.480 e. The molecule has 7 nitrogen and oxygen atoms in total. The number of nitrogens with one attached hydrogen (secondary N) is 2. The standard InChI is InChI=1S/C10H19N3O4/c14-7-8(9(15)16)12-10(17)11-3-6-13-4-1-2-5-13/h8,14H,1-7H2,(H,15,16)(H2,11,12,17). The molecule has 2 amide bonds. The average molecular weight is 245 g/mol. The van der Waals surface area contributed by atoms with Gasteiger partial charge in [0, 0.05) is 13.1 Å². The highest BCUT2D eigenvalue weighted by molar-refractivity contribution is 5.82. The summed E-state index contributed by atoms with van der Waals surface area (Å²) in [5, 5.41) is 22.1. The first-order chi connectivity index (χ1) is 8.13. The lowest BCUT2D eigenvalue weighted by Gasteiger charge is -2.16. The third-order valence-corrected chi connectivity index (χ3v) is 2.70. The van der Waals surface area contributed by atoms with Gasteiger partial charge in [-0.1, -0.05) is 0 Å². The lowest BCUT2D eigenvalue weighted by molar-refractivity contribution is -0.140. The summed E-state index contributed by atoms with van der Waals surface area (Å²) in [6.07, 6.45) is 2.38. The molecular formula is C10H19N3O4. The zero-order chi connectivity index (χ0) is 12.7. The van der Waals surface area contributed by atoms with Gasteiger partial charge in [-0.3, -0.25) is 0 Å². The smallest absolute Gasteiger partial charge is 0.328 e. The maximum absolute atomic E-state index is 11.3. The molecule has 1 unspecified atom stereocenters. The number of nitrogens with zero attached hydrogens (tertiary/aromatic N) is 1. The number of likely N-dealkylation sites (tertiary alicyclic amines) is 1. The van der Waals surface area contributed by atoms with Crippen molar-refractivity contribution in [1.82, 2.24) is 15.5 Å². The SMILES string of the molecule is O=C(NCCN1CCCC1)NC(CO)C(=O)O. The molecule has 7 heteroatoms. The number of aliphatic carboxylic acids is 1. The quantitative estimate of drug-likeness (QED) is 0.472. The van der Waals surface area contributed by atoms with Gasteiger partial charge in [-0.25, -0.2) is 9.59 Å². The van der Waals surface area contributed by atoms with E-state index in [9.17, 15) is 9.59 Å². The molecule has 1 heterocycles. The molecule has 0 saturated carbocycles. The Morgan fingerprint density at radius 3 is 2.47 bits per heavy atom. The summed E-state index contributed by atoms with van der Waals surface area (Å²) in [6.45, 7) is 2.73. The maximum Gasteiger partial charge on any atom is 0.328 e. The maximum atomic E-state index is 11.3. The van der Waals surface area contributed by atoms with Gasteiger partial charge in [0.05, 0.1) is 6.61 Å². The van der Waals surface area contributed by atoms with E-state index in [1.54, 1.807) is 0 Å². The van der Waals surface area contributed by atoms with E-state index in [0.29, 0.717) is 6.54 Å². The van der Waals surface area contributed by atoms with Crippen LogP contribution in [0.2, 0.25) is 0 Å². The number of carbonyl (C=O) groups is 2. The van der Waals surface area contributed by atoms with Crippen molar-refractivity contribution >= 4 is 12.0 Å².